The van der Waals surface area contributed by atoms with Gasteiger partial charge in [-0.3, -0.25) is 0 Å². The lowest BCUT2D eigenvalue weighted by atomic mass is 9.97. The number of fused-ring (bicyclic) bond motifs is 1. The first-order valence-corrected chi connectivity index (χ1v) is 7.01. The molecule has 1 aliphatic heterocycles. The zero-order chi connectivity index (χ0) is 14.1. The third kappa shape index (κ3) is 2.12. The van der Waals surface area contributed by atoms with E-state index in [9.17, 15) is 5.26 Å². The van der Waals surface area contributed by atoms with Crippen LogP contribution in [0, 0.1) is 11.3 Å². The van der Waals surface area contributed by atoms with E-state index in [1.807, 2.05) is 31.3 Å². The fourth-order valence-electron chi connectivity index (χ4n) is 2.83. The molecule has 0 spiro atoms. The first-order valence-electron chi connectivity index (χ1n) is 7.01. The van der Waals surface area contributed by atoms with Crippen LogP contribution in [0.3, 0.4) is 0 Å². The summed E-state index contributed by atoms with van der Waals surface area (Å²) in [5.41, 5.74) is 2.53. The first-order chi connectivity index (χ1) is 9.70. The Kier molecular flexibility index (Phi) is 3.33. The van der Waals surface area contributed by atoms with Crippen molar-refractivity contribution in [2.75, 3.05) is 32.1 Å². The van der Waals surface area contributed by atoms with E-state index in [1.54, 1.807) is 0 Å². The Morgan fingerprint density at radius 2 is 2.15 bits per heavy atom. The number of hydrogen-bond donors (Lipinski definition) is 1. The van der Waals surface area contributed by atoms with Crippen molar-refractivity contribution in [3.63, 3.8) is 0 Å². The van der Waals surface area contributed by atoms with Gasteiger partial charge in [0.1, 0.15) is 11.9 Å². The number of anilines is 1. The molecule has 0 bridgehead atoms. The predicted molar refractivity (Wildman–Crippen MR) is 79.1 cm³/mol. The molecule has 1 N–H and O–H groups in total. The molecule has 1 fully saturated rings. The molecule has 3 heterocycles. The van der Waals surface area contributed by atoms with Gasteiger partial charge in [-0.15, -0.1) is 0 Å². The van der Waals surface area contributed by atoms with E-state index in [2.05, 4.69) is 26.8 Å². The molecule has 2 aromatic rings. The maximum Gasteiger partial charge on any atom is 0.166 e. The van der Waals surface area contributed by atoms with E-state index >= 15 is 0 Å². The third-order valence-electron chi connectivity index (χ3n) is 3.98. The van der Waals surface area contributed by atoms with Crippen molar-refractivity contribution in [3.05, 3.63) is 29.8 Å². The quantitative estimate of drug-likeness (QED) is 0.902. The SMILES string of the molecule is CN(C)c1ccn2c(C3CCNCC3)nc(C#N)c2c1. The average Bonchev–Trinajstić information content (AvgIpc) is 2.86. The van der Waals surface area contributed by atoms with Gasteiger partial charge in [-0.1, -0.05) is 0 Å². The molecule has 0 unspecified atom stereocenters. The molecule has 0 radical (unpaired) electrons. The number of imidazole rings is 1. The molecule has 3 rings (SSSR count). The maximum atomic E-state index is 9.33. The summed E-state index contributed by atoms with van der Waals surface area (Å²) in [5.74, 6) is 1.47. The Balaban J connectivity index is 2.12. The number of nitriles is 1. The van der Waals surface area contributed by atoms with Crippen molar-refractivity contribution in [2.24, 2.45) is 0 Å². The number of hydrogen-bond acceptors (Lipinski definition) is 4. The second kappa shape index (κ2) is 5.14. The highest BCUT2D eigenvalue weighted by Gasteiger charge is 2.22. The number of aromatic nitrogens is 2. The lowest BCUT2D eigenvalue weighted by Gasteiger charge is -2.21. The molecule has 0 atom stereocenters. The van der Waals surface area contributed by atoms with E-state index < -0.39 is 0 Å². The standard InChI is InChI=1S/C15H19N5/c1-19(2)12-5-8-20-14(9-12)13(10-16)18-15(20)11-3-6-17-7-4-11/h5,8-9,11,17H,3-4,6-7H2,1-2H3. The second-order valence-corrected chi connectivity index (χ2v) is 5.49. The molecular formula is C15H19N5. The highest BCUT2D eigenvalue weighted by Crippen LogP contribution is 2.28. The Labute approximate surface area is 118 Å². The number of nitrogens with zero attached hydrogens (tertiary/aromatic N) is 4. The van der Waals surface area contributed by atoms with Crippen molar-refractivity contribution < 1.29 is 0 Å². The zero-order valence-electron chi connectivity index (χ0n) is 11.9. The number of piperidine rings is 1. The summed E-state index contributed by atoms with van der Waals surface area (Å²) in [6, 6.07) is 6.34. The van der Waals surface area contributed by atoms with Crippen molar-refractivity contribution >= 4 is 11.2 Å². The Morgan fingerprint density at radius 1 is 1.40 bits per heavy atom. The van der Waals surface area contributed by atoms with Crippen LogP contribution in [-0.2, 0) is 0 Å². The van der Waals surface area contributed by atoms with Crippen LogP contribution in [0.4, 0.5) is 5.69 Å². The molecular weight excluding hydrogens is 250 g/mol. The van der Waals surface area contributed by atoms with Crippen LogP contribution >= 0.6 is 0 Å². The van der Waals surface area contributed by atoms with Crippen molar-refractivity contribution in [2.45, 2.75) is 18.8 Å². The van der Waals surface area contributed by atoms with Gasteiger partial charge in [0.15, 0.2) is 5.69 Å². The van der Waals surface area contributed by atoms with Crippen LogP contribution in [0.5, 0.6) is 0 Å². The van der Waals surface area contributed by atoms with Crippen molar-refractivity contribution in [3.8, 4) is 6.07 Å². The topological polar surface area (TPSA) is 56.4 Å². The average molecular weight is 269 g/mol. The summed E-state index contributed by atoms with van der Waals surface area (Å²) >= 11 is 0. The Bertz CT molecular complexity index is 659. The molecule has 0 saturated carbocycles. The summed E-state index contributed by atoms with van der Waals surface area (Å²) in [5, 5.41) is 12.7. The zero-order valence-corrected chi connectivity index (χ0v) is 11.9. The van der Waals surface area contributed by atoms with Gasteiger partial charge < -0.3 is 14.6 Å². The normalized spacial score (nSPS) is 16.2. The van der Waals surface area contributed by atoms with E-state index in [0.717, 1.165) is 43.0 Å². The van der Waals surface area contributed by atoms with Gasteiger partial charge in [0.05, 0.1) is 5.52 Å². The van der Waals surface area contributed by atoms with Gasteiger partial charge in [0, 0.05) is 31.9 Å². The van der Waals surface area contributed by atoms with Crippen LogP contribution in [0.2, 0.25) is 0 Å². The van der Waals surface area contributed by atoms with Gasteiger partial charge in [-0.2, -0.15) is 5.26 Å². The fourth-order valence-corrected chi connectivity index (χ4v) is 2.83. The van der Waals surface area contributed by atoms with E-state index in [4.69, 9.17) is 0 Å². The minimum Gasteiger partial charge on any atom is -0.378 e. The Morgan fingerprint density at radius 3 is 2.80 bits per heavy atom. The van der Waals surface area contributed by atoms with Gasteiger partial charge >= 0.3 is 0 Å². The molecule has 0 aromatic carbocycles. The summed E-state index contributed by atoms with van der Waals surface area (Å²) in [6.07, 6.45) is 4.20. The van der Waals surface area contributed by atoms with Crippen LogP contribution < -0.4 is 10.2 Å². The van der Waals surface area contributed by atoms with Gasteiger partial charge in [-0.25, -0.2) is 4.98 Å². The van der Waals surface area contributed by atoms with Crippen molar-refractivity contribution in [1.29, 1.82) is 5.26 Å². The van der Waals surface area contributed by atoms with Crippen LogP contribution in [0.15, 0.2) is 18.3 Å². The summed E-state index contributed by atoms with van der Waals surface area (Å²) in [7, 11) is 4.00. The fraction of sp³-hybridized carbons (Fsp3) is 0.467. The van der Waals surface area contributed by atoms with Crippen LogP contribution in [0.25, 0.3) is 5.52 Å². The molecule has 104 valence electrons. The van der Waals surface area contributed by atoms with Gasteiger partial charge in [0.2, 0.25) is 0 Å². The minimum atomic E-state index is 0.441. The lowest BCUT2D eigenvalue weighted by Crippen LogP contribution is -2.27. The van der Waals surface area contributed by atoms with E-state index in [1.165, 1.54) is 0 Å². The largest absolute Gasteiger partial charge is 0.378 e. The highest BCUT2D eigenvalue weighted by atomic mass is 15.1. The van der Waals surface area contributed by atoms with Gasteiger partial charge in [0.25, 0.3) is 0 Å². The number of rotatable bonds is 2. The van der Waals surface area contributed by atoms with E-state index in [0.29, 0.717) is 11.6 Å². The second-order valence-electron chi connectivity index (χ2n) is 5.49. The molecule has 1 aliphatic rings. The molecule has 1 saturated heterocycles. The summed E-state index contributed by atoms with van der Waals surface area (Å²) < 4.78 is 2.08. The lowest BCUT2D eigenvalue weighted by molar-refractivity contribution is 0.444. The van der Waals surface area contributed by atoms with E-state index in [-0.39, 0.29) is 0 Å². The maximum absolute atomic E-state index is 9.33. The molecule has 0 amide bonds. The Hall–Kier alpha value is -2.06. The third-order valence-corrected chi connectivity index (χ3v) is 3.98. The van der Waals surface area contributed by atoms with Crippen molar-refractivity contribution in [1.82, 2.24) is 14.7 Å². The van der Waals surface area contributed by atoms with Gasteiger partial charge in [-0.05, 0) is 38.1 Å². The molecule has 5 heteroatoms. The molecule has 5 nitrogen and oxygen atoms in total. The predicted octanol–water partition coefficient (Wildman–Crippen LogP) is 1.74. The molecule has 2 aromatic heterocycles. The van der Waals surface area contributed by atoms with Crippen LogP contribution in [0.1, 0.15) is 30.3 Å². The first kappa shape index (κ1) is 12.9. The number of nitrogens with one attached hydrogen (secondary N) is 1. The van der Waals surface area contributed by atoms with Crippen LogP contribution in [-0.4, -0.2) is 36.6 Å². The molecule has 20 heavy (non-hydrogen) atoms. The summed E-state index contributed by atoms with van der Waals surface area (Å²) in [4.78, 5) is 6.63. The molecule has 0 aliphatic carbocycles. The minimum absolute atomic E-state index is 0.441. The monoisotopic (exact) mass is 269 g/mol. The summed E-state index contributed by atoms with van der Waals surface area (Å²) in [6.45, 7) is 2.05. The highest BCUT2D eigenvalue weighted by molar-refractivity contribution is 5.66. The number of pyridine rings is 1. The smallest absolute Gasteiger partial charge is 0.166 e.